The van der Waals surface area contributed by atoms with E-state index in [2.05, 4.69) is 15.3 Å². The zero-order valence-electron chi connectivity index (χ0n) is 24.4. The van der Waals surface area contributed by atoms with Crippen LogP contribution in [0.25, 0.3) is 0 Å². The third-order valence-electron chi connectivity index (χ3n) is 8.19. The Bertz CT molecular complexity index is 1550. The number of amides is 1. The fourth-order valence-electron chi connectivity index (χ4n) is 5.79. The van der Waals surface area contributed by atoms with E-state index in [4.69, 9.17) is 15.5 Å². The van der Waals surface area contributed by atoms with Gasteiger partial charge < -0.3 is 15.8 Å². The Morgan fingerprint density at radius 2 is 2.00 bits per heavy atom. The Hall–Kier alpha value is -3.58. The maximum absolute atomic E-state index is 15.9. The molecule has 1 aliphatic rings. The number of aromatic nitrogens is 2. The van der Waals surface area contributed by atoms with Gasteiger partial charge in [0.2, 0.25) is 16.0 Å². The van der Waals surface area contributed by atoms with Crippen molar-refractivity contribution in [3.05, 3.63) is 70.2 Å². The van der Waals surface area contributed by atoms with E-state index in [1.54, 1.807) is 18.5 Å². The van der Waals surface area contributed by atoms with Gasteiger partial charge in [0.25, 0.3) is 5.91 Å². The van der Waals surface area contributed by atoms with Crippen LogP contribution in [-0.2, 0) is 22.0 Å². The van der Waals surface area contributed by atoms with E-state index in [-0.39, 0.29) is 41.7 Å². The van der Waals surface area contributed by atoms with Gasteiger partial charge in [-0.2, -0.15) is 0 Å². The number of thiazole rings is 1. The number of methoxy groups -OCH3 is 1. The Balaban J connectivity index is 1.83. The van der Waals surface area contributed by atoms with Crippen LogP contribution in [0.3, 0.4) is 0 Å². The van der Waals surface area contributed by atoms with E-state index in [1.807, 2.05) is 19.2 Å². The van der Waals surface area contributed by atoms with Gasteiger partial charge in [-0.15, -0.1) is 11.3 Å². The number of halogens is 1. The Morgan fingerprint density at radius 1 is 1.24 bits per heavy atom. The van der Waals surface area contributed by atoms with Gasteiger partial charge in [-0.1, -0.05) is 26.7 Å². The fourth-order valence-corrected chi connectivity index (χ4v) is 8.74. The van der Waals surface area contributed by atoms with Gasteiger partial charge in [-0.3, -0.25) is 4.79 Å². The number of benzene rings is 1. The molecule has 4 rings (SSSR count). The lowest BCUT2D eigenvalue weighted by Crippen LogP contribution is -2.65. The average Bonchev–Trinajstić information content (AvgIpc) is 3.49. The first-order valence-corrected chi connectivity index (χ1v) is 16.1. The van der Waals surface area contributed by atoms with Crippen molar-refractivity contribution in [3.63, 3.8) is 0 Å². The smallest absolute Gasteiger partial charge is 0.274 e. The van der Waals surface area contributed by atoms with Gasteiger partial charge in [-0.05, 0) is 62.4 Å². The van der Waals surface area contributed by atoms with Crippen molar-refractivity contribution in [3.8, 4) is 5.75 Å². The number of nitrogens with two attached hydrogens (primary N) is 1. The highest BCUT2D eigenvalue weighted by Gasteiger charge is 2.63. The van der Waals surface area contributed by atoms with Crippen LogP contribution in [-0.4, -0.2) is 53.5 Å². The molecule has 1 aromatic carbocycles. The van der Waals surface area contributed by atoms with Crippen LogP contribution in [0.5, 0.6) is 5.75 Å². The Morgan fingerprint density at radius 3 is 2.60 bits per heavy atom. The number of pyridine rings is 1. The third kappa shape index (κ3) is 5.59. The minimum absolute atomic E-state index is 0.0274. The van der Waals surface area contributed by atoms with Crippen molar-refractivity contribution in [1.82, 2.24) is 14.3 Å². The standard InChI is InChI=1S/C29H37FN6O4S2/c1-6-12-29(15-19(7-2)13-21-17-41-18-33-21)28(3,35-27(31)36(4)42(29,38)39)23-14-20(8-10-24(23)30)34-26(37)25-11-9-22(40-5)16-32-25/h8-11,14,16-19H,6-7,12-13,15H2,1-5H3,(H2,31,35)(H,34,37). The quantitative estimate of drug-likeness (QED) is 0.311. The lowest BCUT2D eigenvalue weighted by Gasteiger charge is -2.52. The number of hydrogen-bond acceptors (Lipinski definition) is 9. The molecular weight excluding hydrogens is 579 g/mol. The highest BCUT2D eigenvalue weighted by Crippen LogP contribution is 2.53. The van der Waals surface area contributed by atoms with E-state index in [9.17, 15) is 13.2 Å². The molecule has 3 aromatic rings. The lowest BCUT2D eigenvalue weighted by molar-refractivity contribution is 0.102. The number of carbonyl (C=O) groups excluding carboxylic acids is 1. The summed E-state index contributed by atoms with van der Waals surface area (Å²) in [6.45, 7) is 5.54. The second kappa shape index (κ2) is 12.3. The lowest BCUT2D eigenvalue weighted by atomic mass is 9.71. The number of guanidine groups is 1. The van der Waals surface area contributed by atoms with Crippen LogP contribution in [0.1, 0.15) is 68.2 Å². The third-order valence-corrected chi connectivity index (χ3v) is 11.5. The monoisotopic (exact) mass is 616 g/mol. The summed E-state index contributed by atoms with van der Waals surface area (Å²) in [6.07, 6.45) is 3.61. The van der Waals surface area contributed by atoms with Gasteiger partial charge in [-0.25, -0.2) is 32.1 Å². The Kier molecular flexibility index (Phi) is 9.21. The normalized spacial score (nSPS) is 22.3. The average molecular weight is 617 g/mol. The predicted molar refractivity (Wildman–Crippen MR) is 163 cm³/mol. The molecule has 0 radical (unpaired) electrons. The molecule has 3 heterocycles. The maximum Gasteiger partial charge on any atom is 0.274 e. The number of anilines is 1. The summed E-state index contributed by atoms with van der Waals surface area (Å²) in [5.41, 5.74) is 7.64. The molecule has 0 saturated heterocycles. The molecular formula is C29H37FN6O4S2. The molecule has 42 heavy (non-hydrogen) atoms. The number of rotatable bonds is 11. The number of ether oxygens (including phenoxy) is 1. The van der Waals surface area contributed by atoms with Crippen LogP contribution in [0.2, 0.25) is 0 Å². The van der Waals surface area contributed by atoms with Gasteiger partial charge in [0.05, 0.1) is 24.5 Å². The highest BCUT2D eigenvalue weighted by atomic mass is 32.2. The predicted octanol–water partition coefficient (Wildman–Crippen LogP) is 4.94. The van der Waals surface area contributed by atoms with Crippen molar-refractivity contribution >= 4 is 38.9 Å². The van der Waals surface area contributed by atoms with Crippen molar-refractivity contribution < 1.29 is 22.3 Å². The van der Waals surface area contributed by atoms with Gasteiger partial charge in [0.15, 0.2) is 0 Å². The summed E-state index contributed by atoms with van der Waals surface area (Å²) >= 11 is 1.48. The van der Waals surface area contributed by atoms with Gasteiger partial charge in [0.1, 0.15) is 27.5 Å². The van der Waals surface area contributed by atoms with E-state index in [1.165, 1.54) is 56.0 Å². The summed E-state index contributed by atoms with van der Waals surface area (Å²) < 4.78 is 49.3. The van der Waals surface area contributed by atoms with Gasteiger partial charge >= 0.3 is 0 Å². The zero-order chi connectivity index (χ0) is 30.7. The zero-order valence-corrected chi connectivity index (χ0v) is 26.1. The number of hydrogen-bond donors (Lipinski definition) is 2. The molecule has 3 N–H and O–H groups in total. The largest absolute Gasteiger partial charge is 0.495 e. The van der Waals surface area contributed by atoms with Crippen LogP contribution in [0.15, 0.2) is 52.4 Å². The first kappa shape index (κ1) is 31.4. The van der Waals surface area contributed by atoms with Crippen molar-refractivity contribution in [1.29, 1.82) is 0 Å². The summed E-state index contributed by atoms with van der Waals surface area (Å²) in [4.78, 5) is 26.2. The topological polar surface area (TPSA) is 140 Å². The van der Waals surface area contributed by atoms with Crippen molar-refractivity contribution in [2.24, 2.45) is 16.6 Å². The molecule has 3 unspecified atom stereocenters. The first-order chi connectivity index (χ1) is 19.9. The molecule has 1 amide bonds. The van der Waals surface area contributed by atoms with E-state index in [0.29, 0.717) is 25.0 Å². The number of aliphatic imine (C=N–C) groups is 1. The second-order valence-electron chi connectivity index (χ2n) is 10.7. The van der Waals surface area contributed by atoms with E-state index in [0.717, 1.165) is 10.00 Å². The molecule has 0 spiro atoms. The molecule has 2 aromatic heterocycles. The number of sulfonamides is 1. The molecule has 226 valence electrons. The van der Waals surface area contributed by atoms with Crippen molar-refractivity contribution in [2.45, 2.75) is 63.2 Å². The molecule has 10 nitrogen and oxygen atoms in total. The molecule has 0 aliphatic carbocycles. The summed E-state index contributed by atoms with van der Waals surface area (Å²) in [5, 5.41) is 4.70. The fraction of sp³-hybridized carbons (Fsp3) is 0.448. The molecule has 1 aliphatic heterocycles. The number of nitrogens with zero attached hydrogens (tertiary/aromatic N) is 4. The van der Waals surface area contributed by atoms with Gasteiger partial charge in [0, 0.05) is 23.7 Å². The van der Waals surface area contributed by atoms with Crippen LogP contribution in [0, 0.1) is 11.7 Å². The number of nitrogens with one attached hydrogen (secondary N) is 1. The van der Waals surface area contributed by atoms with Crippen LogP contribution >= 0.6 is 11.3 Å². The SMILES string of the molecule is CCCC1(CC(CC)Cc2cscn2)C(C)(c2cc(NC(=O)c3ccc(OC)cn3)ccc2F)N=C(N)N(C)S1(=O)=O. The molecule has 13 heteroatoms. The summed E-state index contributed by atoms with van der Waals surface area (Å²) in [5.74, 6) is -0.985. The van der Waals surface area contributed by atoms with Crippen LogP contribution in [0.4, 0.5) is 10.1 Å². The molecule has 0 fully saturated rings. The van der Waals surface area contributed by atoms with E-state index < -0.39 is 32.0 Å². The minimum Gasteiger partial charge on any atom is -0.495 e. The highest BCUT2D eigenvalue weighted by molar-refractivity contribution is 7.91. The summed E-state index contributed by atoms with van der Waals surface area (Å²) in [7, 11) is -1.25. The Labute approximate surface area is 250 Å². The molecule has 0 bridgehead atoms. The first-order valence-electron chi connectivity index (χ1n) is 13.7. The van der Waals surface area contributed by atoms with Crippen molar-refractivity contribution in [2.75, 3.05) is 19.5 Å². The second-order valence-corrected chi connectivity index (χ2v) is 13.7. The molecule has 0 saturated carbocycles. The number of carbonyl (C=O) groups is 1. The summed E-state index contributed by atoms with van der Waals surface area (Å²) in [6, 6.07) is 7.18. The maximum atomic E-state index is 15.9. The minimum atomic E-state index is -4.13. The van der Waals surface area contributed by atoms with E-state index >= 15 is 4.39 Å². The van der Waals surface area contributed by atoms with Crippen LogP contribution < -0.4 is 15.8 Å². The molecule has 3 atom stereocenters.